The van der Waals surface area contributed by atoms with Crippen molar-refractivity contribution in [2.75, 3.05) is 12.4 Å². The first-order chi connectivity index (χ1) is 9.30. The van der Waals surface area contributed by atoms with Crippen molar-refractivity contribution in [2.45, 2.75) is 38.6 Å². The molecule has 19 heavy (non-hydrogen) atoms. The number of imidazole rings is 1. The van der Waals surface area contributed by atoms with Crippen LogP contribution in [0, 0.1) is 0 Å². The third-order valence-electron chi connectivity index (χ3n) is 3.48. The number of nitrogens with zero attached hydrogens (tertiary/aromatic N) is 4. The number of aromatic nitrogens is 4. The van der Waals surface area contributed by atoms with Crippen molar-refractivity contribution in [3.05, 3.63) is 35.8 Å². The summed E-state index contributed by atoms with van der Waals surface area (Å²) in [5.74, 6) is 3.51. The first-order valence-electron chi connectivity index (χ1n) is 6.85. The summed E-state index contributed by atoms with van der Waals surface area (Å²) in [6, 6.07) is 2.01. The lowest BCUT2D eigenvalue weighted by atomic mass is 10.2. The second-order valence-corrected chi connectivity index (χ2v) is 4.93. The maximum absolute atomic E-state index is 4.69. The Bertz CT molecular complexity index is 571. The summed E-state index contributed by atoms with van der Waals surface area (Å²) in [4.78, 5) is 13.6. The molecule has 0 aliphatic heterocycles. The van der Waals surface area contributed by atoms with Crippen molar-refractivity contribution >= 4 is 5.82 Å². The Hall–Kier alpha value is -1.91. The normalized spacial score (nSPS) is 14.6. The average Bonchev–Trinajstić information content (AvgIpc) is 3.19. The van der Waals surface area contributed by atoms with Crippen molar-refractivity contribution < 1.29 is 0 Å². The van der Waals surface area contributed by atoms with Gasteiger partial charge >= 0.3 is 0 Å². The maximum Gasteiger partial charge on any atom is 0.134 e. The van der Waals surface area contributed by atoms with E-state index < -0.39 is 0 Å². The van der Waals surface area contributed by atoms with Crippen LogP contribution in [-0.2, 0) is 13.0 Å². The van der Waals surface area contributed by atoms with Crippen LogP contribution in [0.4, 0.5) is 5.82 Å². The largest absolute Gasteiger partial charge is 0.373 e. The molecule has 1 fully saturated rings. The molecule has 2 heterocycles. The molecule has 1 aliphatic rings. The first kappa shape index (κ1) is 12.1. The maximum atomic E-state index is 4.69. The highest BCUT2D eigenvalue weighted by molar-refractivity contribution is 5.37. The van der Waals surface area contributed by atoms with Gasteiger partial charge in [0.05, 0.1) is 5.69 Å². The number of aryl methyl sites for hydroxylation is 1. The molecule has 0 unspecified atom stereocenters. The van der Waals surface area contributed by atoms with Gasteiger partial charge in [0, 0.05) is 44.4 Å². The van der Waals surface area contributed by atoms with Gasteiger partial charge in [-0.3, -0.25) is 0 Å². The summed E-state index contributed by atoms with van der Waals surface area (Å²) in [6.07, 6.45) is 7.06. The molecule has 0 spiro atoms. The molecule has 0 bridgehead atoms. The van der Waals surface area contributed by atoms with Crippen molar-refractivity contribution in [1.82, 2.24) is 19.5 Å². The second-order valence-electron chi connectivity index (χ2n) is 4.93. The predicted octanol–water partition coefficient (Wildman–Crippen LogP) is 2.20. The lowest BCUT2D eigenvalue weighted by Gasteiger charge is -2.08. The van der Waals surface area contributed by atoms with Crippen LogP contribution in [0.2, 0.25) is 0 Å². The van der Waals surface area contributed by atoms with Gasteiger partial charge in [-0.05, 0) is 19.8 Å². The summed E-state index contributed by atoms with van der Waals surface area (Å²) >= 11 is 0. The van der Waals surface area contributed by atoms with E-state index in [0.717, 1.165) is 36.1 Å². The molecule has 1 N–H and O–H groups in total. The molecule has 0 atom stereocenters. The van der Waals surface area contributed by atoms with Crippen LogP contribution in [0.3, 0.4) is 0 Å². The Morgan fingerprint density at radius 3 is 2.89 bits per heavy atom. The van der Waals surface area contributed by atoms with Crippen molar-refractivity contribution in [3.63, 3.8) is 0 Å². The number of rotatable bonds is 5. The van der Waals surface area contributed by atoms with Crippen molar-refractivity contribution in [2.24, 2.45) is 0 Å². The first-order valence-corrected chi connectivity index (χ1v) is 6.85. The lowest BCUT2D eigenvalue weighted by molar-refractivity contribution is 0.706. The fourth-order valence-electron chi connectivity index (χ4n) is 2.22. The topological polar surface area (TPSA) is 55.6 Å². The number of nitrogens with one attached hydrogen (secondary N) is 1. The zero-order valence-corrected chi connectivity index (χ0v) is 11.4. The van der Waals surface area contributed by atoms with E-state index >= 15 is 0 Å². The van der Waals surface area contributed by atoms with Crippen LogP contribution < -0.4 is 5.32 Å². The van der Waals surface area contributed by atoms with Gasteiger partial charge in [0.15, 0.2) is 0 Å². The van der Waals surface area contributed by atoms with Crippen molar-refractivity contribution in [1.29, 1.82) is 0 Å². The summed E-state index contributed by atoms with van der Waals surface area (Å²) in [5.41, 5.74) is 1.04. The van der Waals surface area contributed by atoms with Crippen molar-refractivity contribution in [3.8, 4) is 0 Å². The fourth-order valence-corrected chi connectivity index (χ4v) is 2.22. The second kappa shape index (κ2) is 4.99. The van der Waals surface area contributed by atoms with Crippen LogP contribution in [0.1, 0.15) is 43.0 Å². The van der Waals surface area contributed by atoms with E-state index in [1.165, 1.54) is 12.8 Å². The third kappa shape index (κ3) is 2.59. The molecule has 1 aliphatic carbocycles. The fraction of sp³-hybridized carbons (Fsp3) is 0.500. The van der Waals surface area contributed by atoms with E-state index in [9.17, 15) is 0 Å². The monoisotopic (exact) mass is 257 g/mol. The molecule has 5 nitrogen and oxygen atoms in total. The van der Waals surface area contributed by atoms with Gasteiger partial charge in [0.25, 0.3) is 0 Å². The highest BCUT2D eigenvalue weighted by Crippen LogP contribution is 2.38. The number of hydrogen-bond donors (Lipinski definition) is 1. The Balaban J connectivity index is 1.89. The smallest absolute Gasteiger partial charge is 0.134 e. The molecule has 2 aromatic heterocycles. The Morgan fingerprint density at radius 2 is 2.21 bits per heavy atom. The van der Waals surface area contributed by atoms with E-state index in [4.69, 9.17) is 0 Å². The minimum Gasteiger partial charge on any atom is -0.373 e. The van der Waals surface area contributed by atoms with E-state index in [1.807, 2.05) is 25.5 Å². The third-order valence-corrected chi connectivity index (χ3v) is 3.48. The van der Waals surface area contributed by atoms with E-state index in [-0.39, 0.29) is 0 Å². The minimum absolute atomic E-state index is 0.568. The Labute approximate surface area is 113 Å². The van der Waals surface area contributed by atoms with Gasteiger partial charge in [0.1, 0.15) is 17.5 Å². The van der Waals surface area contributed by atoms with Gasteiger partial charge in [-0.2, -0.15) is 0 Å². The van der Waals surface area contributed by atoms with E-state index in [1.54, 1.807) is 0 Å². The molecule has 0 aromatic carbocycles. The van der Waals surface area contributed by atoms with E-state index in [2.05, 4.69) is 31.8 Å². The molecule has 0 amide bonds. The molecule has 0 radical (unpaired) electrons. The zero-order chi connectivity index (χ0) is 13.2. The zero-order valence-electron chi connectivity index (χ0n) is 11.4. The summed E-state index contributed by atoms with van der Waals surface area (Å²) in [5, 5.41) is 3.12. The molecule has 3 rings (SSSR count). The summed E-state index contributed by atoms with van der Waals surface area (Å²) in [7, 11) is 1.90. The molecule has 1 saturated carbocycles. The molecule has 2 aromatic rings. The standard InChI is InChI=1S/C14H19N5/c1-3-19-7-6-16-13(19)9-11-8-12(15-2)18-14(17-11)10-4-5-10/h6-8,10H,3-5,9H2,1-2H3,(H,15,17,18). The minimum atomic E-state index is 0.568. The number of anilines is 1. The van der Waals surface area contributed by atoms with Gasteiger partial charge in [0.2, 0.25) is 0 Å². The number of hydrogen-bond acceptors (Lipinski definition) is 4. The van der Waals surface area contributed by atoms with Gasteiger partial charge in [-0.15, -0.1) is 0 Å². The van der Waals surface area contributed by atoms with Gasteiger partial charge < -0.3 is 9.88 Å². The highest BCUT2D eigenvalue weighted by Gasteiger charge is 2.27. The SMILES string of the molecule is CCn1ccnc1Cc1cc(NC)nc(C2CC2)n1. The quantitative estimate of drug-likeness (QED) is 0.892. The average molecular weight is 257 g/mol. The lowest BCUT2D eigenvalue weighted by Crippen LogP contribution is -2.07. The molecule has 0 saturated heterocycles. The van der Waals surface area contributed by atoms with Gasteiger partial charge in [-0.1, -0.05) is 0 Å². The molecule has 100 valence electrons. The van der Waals surface area contributed by atoms with Crippen LogP contribution in [0.15, 0.2) is 18.5 Å². The van der Waals surface area contributed by atoms with Gasteiger partial charge in [-0.25, -0.2) is 15.0 Å². The highest BCUT2D eigenvalue weighted by atomic mass is 15.1. The van der Waals surface area contributed by atoms with E-state index in [0.29, 0.717) is 5.92 Å². The Morgan fingerprint density at radius 1 is 1.37 bits per heavy atom. The predicted molar refractivity (Wildman–Crippen MR) is 74.3 cm³/mol. The van der Waals surface area contributed by atoms with Crippen LogP contribution in [-0.4, -0.2) is 26.6 Å². The Kier molecular flexibility index (Phi) is 3.19. The molecular weight excluding hydrogens is 238 g/mol. The van der Waals surface area contributed by atoms with Crippen LogP contribution in [0.5, 0.6) is 0 Å². The molecule has 5 heteroatoms. The molecular formula is C14H19N5. The van der Waals surface area contributed by atoms with Crippen LogP contribution >= 0.6 is 0 Å². The summed E-state index contributed by atoms with van der Waals surface area (Å²) in [6.45, 7) is 3.06. The van der Waals surface area contributed by atoms with Crippen LogP contribution in [0.25, 0.3) is 0 Å². The summed E-state index contributed by atoms with van der Waals surface area (Å²) < 4.78 is 2.15.